The fourth-order valence-electron chi connectivity index (χ4n) is 11.7. The first kappa shape index (κ1) is 29.6. The summed E-state index contributed by atoms with van der Waals surface area (Å²) < 4.78 is 13.2. The Labute approximate surface area is 322 Å². The molecule has 0 saturated heterocycles. The van der Waals surface area contributed by atoms with E-state index in [2.05, 4.69) is 190 Å². The Bertz CT molecular complexity index is 3640. The minimum Gasteiger partial charge on any atom is -0.224 e. The van der Waals surface area contributed by atoms with Gasteiger partial charge in [0.15, 0.2) is 5.69 Å². The van der Waals surface area contributed by atoms with Crippen LogP contribution in [0.5, 0.6) is 0 Å². The van der Waals surface area contributed by atoms with E-state index < -0.39 is 5.66 Å². The Kier molecular flexibility index (Phi) is 5.05. The highest BCUT2D eigenvalue weighted by atomic mass is 15.4. The fraction of sp³-hybridized carbons (Fsp3) is 0.137. The van der Waals surface area contributed by atoms with Crippen LogP contribution in [0, 0.1) is 0 Å². The van der Waals surface area contributed by atoms with Crippen LogP contribution in [-0.4, -0.2) is 13.5 Å². The molecule has 264 valence electrons. The fourth-order valence-corrected chi connectivity index (χ4v) is 11.7. The lowest BCUT2D eigenvalue weighted by atomic mass is 9.83. The zero-order valence-electron chi connectivity index (χ0n) is 31.7. The summed E-state index contributed by atoms with van der Waals surface area (Å²) >= 11 is 0. The van der Waals surface area contributed by atoms with Crippen molar-refractivity contribution < 1.29 is 9.13 Å². The molecule has 0 radical (unpaired) electrons. The van der Waals surface area contributed by atoms with Crippen LogP contribution in [0.2, 0.25) is 0 Å². The van der Waals surface area contributed by atoms with Crippen molar-refractivity contribution in [1.82, 2.24) is 13.5 Å². The van der Waals surface area contributed by atoms with Crippen LogP contribution in [0.3, 0.4) is 0 Å². The van der Waals surface area contributed by atoms with Crippen LogP contribution in [0.15, 0.2) is 140 Å². The van der Waals surface area contributed by atoms with E-state index >= 15 is 0 Å². The van der Waals surface area contributed by atoms with E-state index in [1.54, 1.807) is 0 Å². The Morgan fingerprint density at radius 3 is 1.75 bits per heavy atom. The van der Waals surface area contributed by atoms with Crippen molar-refractivity contribution in [2.45, 2.75) is 45.2 Å². The van der Waals surface area contributed by atoms with E-state index in [0.29, 0.717) is 11.8 Å². The van der Waals surface area contributed by atoms with Crippen molar-refractivity contribution in [3.63, 3.8) is 0 Å². The third-order valence-electron chi connectivity index (χ3n) is 13.7. The molecule has 0 bridgehead atoms. The molecular formula is C51H37N5+2. The summed E-state index contributed by atoms with van der Waals surface area (Å²) in [6.45, 7) is 9.38. The highest BCUT2D eigenvalue weighted by Gasteiger charge is 2.64. The lowest BCUT2D eigenvalue weighted by Crippen LogP contribution is -2.77. The number of aromatic nitrogens is 5. The summed E-state index contributed by atoms with van der Waals surface area (Å²) in [6, 6.07) is 50.7. The van der Waals surface area contributed by atoms with E-state index in [9.17, 15) is 0 Å². The molecule has 1 spiro atoms. The maximum atomic E-state index is 2.71. The van der Waals surface area contributed by atoms with Crippen molar-refractivity contribution in [2.24, 2.45) is 0 Å². The van der Waals surface area contributed by atoms with Gasteiger partial charge in [-0.1, -0.05) is 113 Å². The predicted octanol–water partition coefficient (Wildman–Crippen LogP) is 11.2. The number of pyridine rings is 2. The monoisotopic (exact) mass is 719 g/mol. The molecule has 0 saturated carbocycles. The first-order valence-corrected chi connectivity index (χ1v) is 20.1. The first-order chi connectivity index (χ1) is 27.5. The number of rotatable bonds is 3. The summed E-state index contributed by atoms with van der Waals surface area (Å²) in [4.78, 5) is 0. The minimum absolute atomic E-state index is 0.358. The quantitative estimate of drug-likeness (QED) is 0.128. The van der Waals surface area contributed by atoms with Crippen molar-refractivity contribution >= 4 is 70.9 Å². The molecular weight excluding hydrogens is 683 g/mol. The molecule has 0 fully saturated rings. The summed E-state index contributed by atoms with van der Waals surface area (Å²) in [5.74, 6) is 3.07. The van der Waals surface area contributed by atoms with Gasteiger partial charge in [0.2, 0.25) is 11.6 Å². The molecule has 0 aliphatic carbocycles. The predicted molar refractivity (Wildman–Crippen MR) is 227 cm³/mol. The SMILES string of the molecule is CC(C)c1cccc(C(C)C)c1-c1c[n+]2c3c4c5c6c(cc4c4ccccc4n13)c1ccccc1n6-c1cccc3[n+]1C52c1cccc2c4ccccc4n-3c12. The molecule has 3 aliphatic heterocycles. The van der Waals surface area contributed by atoms with Crippen LogP contribution in [-0.2, 0) is 5.66 Å². The smallest absolute Gasteiger partial charge is 0.224 e. The number of imidazole rings is 1. The second-order valence-corrected chi connectivity index (χ2v) is 16.9. The highest BCUT2D eigenvalue weighted by molar-refractivity contribution is 6.24. The van der Waals surface area contributed by atoms with Gasteiger partial charge in [0.1, 0.15) is 33.8 Å². The van der Waals surface area contributed by atoms with Gasteiger partial charge < -0.3 is 0 Å². The highest BCUT2D eigenvalue weighted by Crippen LogP contribution is 2.55. The molecule has 5 nitrogen and oxygen atoms in total. The van der Waals surface area contributed by atoms with Crippen molar-refractivity contribution in [2.75, 3.05) is 0 Å². The second kappa shape index (κ2) is 9.55. The maximum absolute atomic E-state index is 2.71. The minimum atomic E-state index is -0.702. The first-order valence-electron chi connectivity index (χ1n) is 20.1. The molecule has 0 N–H and O–H groups in total. The average Bonchev–Trinajstić information content (AvgIpc) is 3.96. The molecule has 5 aromatic heterocycles. The van der Waals surface area contributed by atoms with Crippen molar-refractivity contribution in [3.05, 3.63) is 162 Å². The third kappa shape index (κ3) is 2.98. The Morgan fingerprint density at radius 1 is 0.518 bits per heavy atom. The Balaban J connectivity index is 1.33. The van der Waals surface area contributed by atoms with E-state index in [1.807, 2.05) is 0 Å². The molecule has 1 atom stereocenters. The van der Waals surface area contributed by atoms with Gasteiger partial charge in [-0.05, 0) is 59.4 Å². The van der Waals surface area contributed by atoms with Gasteiger partial charge in [-0.2, -0.15) is 13.5 Å². The molecule has 1 unspecified atom stereocenters. The van der Waals surface area contributed by atoms with Gasteiger partial charge in [0.25, 0.3) is 11.3 Å². The van der Waals surface area contributed by atoms with E-state index in [0.717, 1.165) is 0 Å². The lowest BCUT2D eigenvalue weighted by Gasteiger charge is -2.37. The second-order valence-electron chi connectivity index (χ2n) is 16.9. The van der Waals surface area contributed by atoms with Crippen LogP contribution in [0.4, 0.5) is 0 Å². The van der Waals surface area contributed by atoms with Crippen LogP contribution in [0.25, 0.3) is 93.8 Å². The Morgan fingerprint density at radius 2 is 1.07 bits per heavy atom. The van der Waals surface area contributed by atoms with Gasteiger partial charge >= 0.3 is 0 Å². The van der Waals surface area contributed by atoms with Gasteiger partial charge in [0.05, 0.1) is 16.5 Å². The molecule has 6 aromatic carbocycles. The number of para-hydroxylation sites is 4. The van der Waals surface area contributed by atoms with Gasteiger partial charge in [-0.25, -0.2) is 9.13 Å². The molecule has 8 heterocycles. The number of hydrogen-bond donors (Lipinski definition) is 0. The van der Waals surface area contributed by atoms with Gasteiger partial charge in [0, 0.05) is 50.0 Å². The molecule has 3 aliphatic rings. The third-order valence-corrected chi connectivity index (χ3v) is 13.7. The topological polar surface area (TPSA) is 22.0 Å². The summed E-state index contributed by atoms with van der Waals surface area (Å²) in [7, 11) is 0. The van der Waals surface area contributed by atoms with E-state index in [4.69, 9.17) is 0 Å². The average molecular weight is 720 g/mol. The molecule has 5 heteroatoms. The number of nitrogens with zero attached hydrogens (tertiary/aromatic N) is 5. The van der Waals surface area contributed by atoms with Crippen molar-refractivity contribution in [3.8, 4) is 22.9 Å². The van der Waals surface area contributed by atoms with Gasteiger partial charge in [-0.3, -0.25) is 0 Å². The molecule has 14 rings (SSSR count). The van der Waals surface area contributed by atoms with Gasteiger partial charge in [-0.15, -0.1) is 0 Å². The molecule has 0 amide bonds. The summed E-state index contributed by atoms with van der Waals surface area (Å²) in [6.07, 6.45) is 2.54. The zero-order chi connectivity index (χ0) is 36.9. The van der Waals surface area contributed by atoms with Crippen LogP contribution >= 0.6 is 0 Å². The molecule has 56 heavy (non-hydrogen) atoms. The van der Waals surface area contributed by atoms with E-state index in [-0.39, 0.29) is 0 Å². The number of benzene rings is 6. The number of fused-ring (bicyclic) bond motifs is 11. The normalized spacial score (nSPS) is 16.2. The number of hydrogen-bond acceptors (Lipinski definition) is 0. The molecule has 11 aromatic rings. The van der Waals surface area contributed by atoms with Crippen LogP contribution < -0.4 is 9.13 Å². The zero-order valence-corrected chi connectivity index (χ0v) is 31.7. The standard InChI is InChI=1S/C51H37N5/c1-28(2)30-17-11-18-31(29(3)4)45(30)42-27-52-50-46-36(33-15-6-8-21-39(33)53(42)50)26-37-34-16-7-10-23-41(34)55-44-25-13-24-43-54-40-22-9-5-14-32(40)35-19-12-20-38(48(35)54)51(52,56(43)44)47(46)49(37)55/h5-29H,1-4H3/q+2. The Hall–Kier alpha value is -6.72. The van der Waals surface area contributed by atoms with E-state index in [1.165, 1.54) is 116 Å². The summed E-state index contributed by atoms with van der Waals surface area (Å²) in [5, 5.41) is 9.12. The lowest BCUT2D eigenvalue weighted by molar-refractivity contribution is -0.953. The largest absolute Gasteiger partial charge is 0.299 e. The van der Waals surface area contributed by atoms with Crippen LogP contribution in [0.1, 0.15) is 61.8 Å². The summed E-state index contributed by atoms with van der Waals surface area (Å²) in [5.41, 5.74) is 15.0. The van der Waals surface area contributed by atoms with Crippen molar-refractivity contribution in [1.29, 1.82) is 0 Å². The maximum Gasteiger partial charge on any atom is 0.299 e.